The second-order valence-electron chi connectivity index (χ2n) is 5.22. The van der Waals surface area contributed by atoms with E-state index in [1.165, 1.54) is 12.8 Å². The van der Waals surface area contributed by atoms with Crippen LogP contribution in [0.15, 0.2) is 24.5 Å². The molecule has 0 aromatic carbocycles. The Hall–Kier alpha value is -1.42. The molecule has 0 radical (unpaired) electrons. The topological polar surface area (TPSA) is 45.2 Å². The van der Waals surface area contributed by atoms with Gasteiger partial charge in [-0.2, -0.15) is 0 Å². The number of nitrogens with zero attached hydrogens (tertiary/aromatic N) is 2. The van der Waals surface area contributed by atoms with Gasteiger partial charge < -0.3 is 10.2 Å². The summed E-state index contributed by atoms with van der Waals surface area (Å²) in [6.45, 7) is 1.93. The lowest BCUT2D eigenvalue weighted by atomic mass is 10.2. The van der Waals surface area contributed by atoms with Gasteiger partial charge in [0, 0.05) is 31.0 Å². The van der Waals surface area contributed by atoms with E-state index in [0.29, 0.717) is 17.6 Å². The molecule has 1 N–H and O–H groups in total. The summed E-state index contributed by atoms with van der Waals surface area (Å²) in [5, 5.41) is 3.47. The Bertz CT molecular complexity index is 410. The van der Waals surface area contributed by atoms with Crippen LogP contribution in [0.2, 0.25) is 0 Å². The first-order valence-electron chi connectivity index (χ1n) is 6.79. The third-order valence-corrected chi connectivity index (χ3v) is 3.74. The summed E-state index contributed by atoms with van der Waals surface area (Å²) in [6, 6.07) is 4.62. The Kier molecular flexibility index (Phi) is 3.28. The van der Waals surface area contributed by atoms with Crippen molar-refractivity contribution in [1.82, 2.24) is 15.2 Å². The molecule has 1 atom stereocenters. The Morgan fingerprint density at radius 2 is 2.33 bits per heavy atom. The molecule has 0 bridgehead atoms. The Morgan fingerprint density at radius 1 is 1.44 bits per heavy atom. The van der Waals surface area contributed by atoms with Crippen LogP contribution >= 0.6 is 0 Å². The van der Waals surface area contributed by atoms with Crippen molar-refractivity contribution in [2.75, 3.05) is 13.1 Å². The molecule has 96 valence electrons. The lowest BCUT2D eigenvalue weighted by Gasteiger charge is -2.25. The zero-order valence-electron chi connectivity index (χ0n) is 10.5. The fourth-order valence-corrected chi connectivity index (χ4v) is 2.59. The van der Waals surface area contributed by atoms with E-state index in [1.54, 1.807) is 12.4 Å². The maximum Gasteiger partial charge on any atom is 0.255 e. The minimum absolute atomic E-state index is 0.138. The zero-order chi connectivity index (χ0) is 12.4. The molecule has 0 unspecified atom stereocenters. The van der Waals surface area contributed by atoms with Crippen LogP contribution in [0, 0.1) is 0 Å². The van der Waals surface area contributed by atoms with Crippen LogP contribution in [0.25, 0.3) is 0 Å². The van der Waals surface area contributed by atoms with Gasteiger partial charge in [0.15, 0.2) is 0 Å². The largest absolute Gasteiger partial charge is 0.334 e. The minimum Gasteiger partial charge on any atom is -0.334 e. The Balaban J connectivity index is 1.71. The first-order valence-corrected chi connectivity index (χ1v) is 6.79. The smallest absolute Gasteiger partial charge is 0.255 e. The maximum atomic E-state index is 12.5. The molecular formula is C14H19N3O. The van der Waals surface area contributed by atoms with Gasteiger partial charge in [-0.25, -0.2) is 0 Å². The predicted octanol–water partition coefficient (Wildman–Crippen LogP) is 1.44. The number of nitrogens with one attached hydrogen (secondary N) is 1. The monoisotopic (exact) mass is 245 g/mol. The van der Waals surface area contributed by atoms with Crippen molar-refractivity contribution < 1.29 is 4.79 Å². The van der Waals surface area contributed by atoms with Crippen molar-refractivity contribution >= 4 is 5.91 Å². The lowest BCUT2D eigenvalue weighted by molar-refractivity contribution is 0.0728. The molecule has 1 saturated carbocycles. The highest BCUT2D eigenvalue weighted by atomic mass is 16.2. The van der Waals surface area contributed by atoms with Crippen LogP contribution in [0.5, 0.6) is 0 Å². The van der Waals surface area contributed by atoms with Crippen molar-refractivity contribution in [3.05, 3.63) is 30.1 Å². The zero-order valence-corrected chi connectivity index (χ0v) is 10.5. The average molecular weight is 245 g/mol. The van der Waals surface area contributed by atoms with Gasteiger partial charge in [0.2, 0.25) is 0 Å². The molecule has 1 amide bonds. The van der Waals surface area contributed by atoms with Crippen molar-refractivity contribution in [1.29, 1.82) is 0 Å². The minimum atomic E-state index is 0.138. The summed E-state index contributed by atoms with van der Waals surface area (Å²) < 4.78 is 0. The summed E-state index contributed by atoms with van der Waals surface area (Å²) in [7, 11) is 0. The van der Waals surface area contributed by atoms with Gasteiger partial charge in [0.25, 0.3) is 5.91 Å². The normalized spacial score (nSPS) is 23.0. The number of amides is 1. The summed E-state index contributed by atoms with van der Waals surface area (Å²) in [6.07, 6.45) is 8.09. The molecule has 2 aliphatic rings. The quantitative estimate of drug-likeness (QED) is 0.873. The molecule has 4 heteroatoms. The molecule has 1 saturated heterocycles. The number of carbonyl (C=O) groups is 1. The average Bonchev–Trinajstić information content (AvgIpc) is 3.13. The van der Waals surface area contributed by atoms with Crippen LogP contribution in [-0.4, -0.2) is 41.0 Å². The summed E-state index contributed by atoms with van der Waals surface area (Å²) in [5.74, 6) is 0.138. The number of rotatable bonds is 4. The van der Waals surface area contributed by atoms with Crippen LogP contribution in [0.3, 0.4) is 0 Å². The van der Waals surface area contributed by atoms with Crippen LogP contribution in [-0.2, 0) is 0 Å². The van der Waals surface area contributed by atoms with E-state index in [-0.39, 0.29) is 5.91 Å². The van der Waals surface area contributed by atoms with E-state index < -0.39 is 0 Å². The van der Waals surface area contributed by atoms with Gasteiger partial charge in [0.05, 0.1) is 5.56 Å². The van der Waals surface area contributed by atoms with Gasteiger partial charge in [-0.1, -0.05) is 0 Å². The third-order valence-electron chi connectivity index (χ3n) is 3.74. The summed E-state index contributed by atoms with van der Waals surface area (Å²) >= 11 is 0. The molecule has 4 nitrogen and oxygen atoms in total. The summed E-state index contributed by atoms with van der Waals surface area (Å²) in [5.41, 5.74) is 0.711. The first-order chi connectivity index (χ1) is 8.84. The molecular weight excluding hydrogens is 226 g/mol. The third kappa shape index (κ3) is 2.53. The number of carbonyl (C=O) groups excluding carboxylic acids is 1. The lowest BCUT2D eigenvalue weighted by Crippen LogP contribution is -2.42. The van der Waals surface area contributed by atoms with Crippen molar-refractivity contribution in [2.45, 2.75) is 37.8 Å². The molecule has 1 aliphatic heterocycles. The molecule has 1 aliphatic carbocycles. The van der Waals surface area contributed by atoms with Gasteiger partial charge in [-0.05, 0) is 44.4 Å². The standard InChI is InChI=1S/C14H19N3O/c18-14(11-3-1-7-15-9-11)17(13-5-6-13)10-12-4-2-8-16-12/h1,3,7,9,12-13,16H,2,4-6,8,10H2/t12-/m0/s1. The molecule has 1 aromatic heterocycles. The number of hydrogen-bond donors (Lipinski definition) is 1. The van der Waals surface area contributed by atoms with Gasteiger partial charge in [0.1, 0.15) is 0 Å². The van der Waals surface area contributed by atoms with Crippen LogP contribution in [0.4, 0.5) is 0 Å². The first kappa shape index (κ1) is 11.7. The fourth-order valence-electron chi connectivity index (χ4n) is 2.59. The highest BCUT2D eigenvalue weighted by Gasteiger charge is 2.34. The molecule has 18 heavy (non-hydrogen) atoms. The van der Waals surface area contributed by atoms with Crippen molar-refractivity contribution in [3.63, 3.8) is 0 Å². The van der Waals surface area contributed by atoms with Gasteiger partial charge in [-0.15, -0.1) is 0 Å². The van der Waals surface area contributed by atoms with E-state index in [4.69, 9.17) is 0 Å². The Labute approximate surface area is 107 Å². The van der Waals surface area contributed by atoms with E-state index in [9.17, 15) is 4.79 Å². The molecule has 3 rings (SSSR count). The maximum absolute atomic E-state index is 12.5. The summed E-state index contributed by atoms with van der Waals surface area (Å²) in [4.78, 5) is 18.6. The number of hydrogen-bond acceptors (Lipinski definition) is 3. The molecule has 1 aromatic rings. The second-order valence-corrected chi connectivity index (χ2v) is 5.22. The highest BCUT2D eigenvalue weighted by molar-refractivity contribution is 5.94. The van der Waals surface area contributed by atoms with E-state index in [1.807, 2.05) is 17.0 Å². The predicted molar refractivity (Wildman–Crippen MR) is 69.3 cm³/mol. The second kappa shape index (κ2) is 5.06. The number of aromatic nitrogens is 1. The van der Waals surface area contributed by atoms with E-state index in [0.717, 1.165) is 25.9 Å². The molecule has 0 spiro atoms. The SMILES string of the molecule is O=C(c1cccnc1)N(C[C@@H]1CCCN1)C1CC1. The van der Waals surface area contributed by atoms with Crippen molar-refractivity contribution in [3.8, 4) is 0 Å². The van der Waals surface area contributed by atoms with Crippen LogP contribution in [0.1, 0.15) is 36.0 Å². The molecule has 2 heterocycles. The van der Waals surface area contributed by atoms with E-state index in [2.05, 4.69) is 10.3 Å². The van der Waals surface area contributed by atoms with Gasteiger partial charge >= 0.3 is 0 Å². The highest BCUT2D eigenvalue weighted by Crippen LogP contribution is 2.29. The number of pyridine rings is 1. The van der Waals surface area contributed by atoms with Crippen LogP contribution < -0.4 is 5.32 Å². The molecule has 2 fully saturated rings. The Morgan fingerprint density at radius 3 is 2.94 bits per heavy atom. The van der Waals surface area contributed by atoms with E-state index >= 15 is 0 Å². The van der Waals surface area contributed by atoms with Gasteiger partial charge in [-0.3, -0.25) is 9.78 Å². The fraction of sp³-hybridized carbons (Fsp3) is 0.571. The van der Waals surface area contributed by atoms with Crippen molar-refractivity contribution in [2.24, 2.45) is 0 Å².